The lowest BCUT2D eigenvalue weighted by atomic mass is 10.0. The third kappa shape index (κ3) is 3.89. The highest BCUT2D eigenvalue weighted by atomic mass is 32.2. The SMILES string of the molecule is O=c1[nH]c2ccccc2n1C1CCN(CCCSc2ccccc2)CC1. The van der Waals surface area contributed by atoms with Gasteiger partial charge in [-0.05, 0) is 55.8 Å². The summed E-state index contributed by atoms with van der Waals surface area (Å²) in [7, 11) is 0. The number of imidazole rings is 1. The first-order valence-corrected chi connectivity index (χ1v) is 10.4. The van der Waals surface area contributed by atoms with Crippen molar-refractivity contribution in [2.45, 2.75) is 30.2 Å². The first-order chi connectivity index (χ1) is 12.8. The van der Waals surface area contributed by atoms with Crippen LogP contribution in [0.1, 0.15) is 25.3 Å². The minimum absolute atomic E-state index is 0.0314. The molecule has 0 bridgehead atoms. The third-order valence-corrected chi connectivity index (χ3v) is 6.28. The molecular formula is C21H25N3OS. The highest BCUT2D eigenvalue weighted by Gasteiger charge is 2.23. The number of thioether (sulfide) groups is 1. The maximum absolute atomic E-state index is 12.4. The van der Waals surface area contributed by atoms with Gasteiger partial charge >= 0.3 is 5.69 Å². The van der Waals surface area contributed by atoms with Crippen LogP contribution in [0.5, 0.6) is 0 Å². The fourth-order valence-electron chi connectivity index (χ4n) is 3.83. The van der Waals surface area contributed by atoms with Crippen LogP contribution < -0.4 is 5.69 Å². The van der Waals surface area contributed by atoms with Crippen molar-refractivity contribution < 1.29 is 0 Å². The maximum atomic E-state index is 12.4. The van der Waals surface area contributed by atoms with Gasteiger partial charge in [0, 0.05) is 24.0 Å². The molecule has 1 aliphatic heterocycles. The van der Waals surface area contributed by atoms with Crippen molar-refractivity contribution in [2.24, 2.45) is 0 Å². The van der Waals surface area contributed by atoms with Crippen LogP contribution >= 0.6 is 11.8 Å². The van der Waals surface area contributed by atoms with E-state index >= 15 is 0 Å². The molecule has 0 unspecified atom stereocenters. The summed E-state index contributed by atoms with van der Waals surface area (Å²) in [6, 6.07) is 18.9. The van der Waals surface area contributed by atoms with Gasteiger partial charge in [0.2, 0.25) is 0 Å². The number of hydrogen-bond acceptors (Lipinski definition) is 3. The average molecular weight is 368 g/mol. The molecule has 1 saturated heterocycles. The number of aromatic nitrogens is 2. The number of piperidine rings is 1. The Balaban J connectivity index is 1.27. The molecule has 1 fully saturated rings. The predicted molar refractivity (Wildman–Crippen MR) is 109 cm³/mol. The van der Waals surface area contributed by atoms with E-state index in [4.69, 9.17) is 0 Å². The zero-order valence-electron chi connectivity index (χ0n) is 14.9. The van der Waals surface area contributed by atoms with E-state index in [0.717, 1.165) is 49.3 Å². The molecule has 5 heteroatoms. The van der Waals surface area contributed by atoms with Crippen molar-refractivity contribution in [1.82, 2.24) is 14.5 Å². The fourth-order valence-corrected chi connectivity index (χ4v) is 4.69. The van der Waals surface area contributed by atoms with Crippen LogP contribution in [0, 0.1) is 0 Å². The molecule has 0 radical (unpaired) electrons. The van der Waals surface area contributed by atoms with E-state index in [-0.39, 0.29) is 5.69 Å². The van der Waals surface area contributed by atoms with E-state index in [0.29, 0.717) is 6.04 Å². The summed E-state index contributed by atoms with van der Waals surface area (Å²) in [5, 5.41) is 0. The number of likely N-dealkylation sites (tertiary alicyclic amines) is 1. The van der Waals surface area contributed by atoms with Gasteiger partial charge in [-0.2, -0.15) is 0 Å². The molecule has 1 aromatic heterocycles. The number of nitrogens with one attached hydrogen (secondary N) is 1. The summed E-state index contributed by atoms with van der Waals surface area (Å²) in [5.74, 6) is 1.16. The lowest BCUT2D eigenvalue weighted by molar-refractivity contribution is 0.187. The smallest absolute Gasteiger partial charge is 0.306 e. The van der Waals surface area contributed by atoms with Crippen LogP contribution in [0.15, 0.2) is 64.3 Å². The van der Waals surface area contributed by atoms with E-state index in [2.05, 4.69) is 40.2 Å². The number of benzene rings is 2. The number of aromatic amines is 1. The molecule has 1 N–H and O–H groups in total. The first kappa shape index (κ1) is 17.4. The fraction of sp³-hybridized carbons (Fsp3) is 0.381. The van der Waals surface area contributed by atoms with Crippen molar-refractivity contribution in [3.63, 3.8) is 0 Å². The van der Waals surface area contributed by atoms with Crippen LogP contribution in [0.25, 0.3) is 11.0 Å². The molecule has 1 aliphatic rings. The molecule has 2 heterocycles. The Morgan fingerprint density at radius 3 is 2.54 bits per heavy atom. The van der Waals surface area contributed by atoms with Gasteiger partial charge in [0.1, 0.15) is 0 Å². The standard InChI is InChI=1S/C21H25N3OS/c25-21-22-19-9-4-5-10-20(19)24(21)17-11-14-23(15-12-17)13-6-16-26-18-7-2-1-3-8-18/h1-5,7-10,17H,6,11-16H2,(H,22,25). The monoisotopic (exact) mass is 367 g/mol. The van der Waals surface area contributed by atoms with Crippen molar-refractivity contribution in [3.8, 4) is 0 Å². The molecule has 26 heavy (non-hydrogen) atoms. The Kier molecular flexibility index (Phi) is 5.46. The second-order valence-electron chi connectivity index (χ2n) is 6.91. The van der Waals surface area contributed by atoms with Crippen molar-refractivity contribution >= 4 is 22.8 Å². The van der Waals surface area contributed by atoms with E-state index in [9.17, 15) is 4.79 Å². The zero-order valence-corrected chi connectivity index (χ0v) is 15.8. The van der Waals surface area contributed by atoms with Crippen LogP contribution in [0.4, 0.5) is 0 Å². The summed E-state index contributed by atoms with van der Waals surface area (Å²) in [6.07, 6.45) is 3.30. The summed E-state index contributed by atoms with van der Waals surface area (Å²) in [5.41, 5.74) is 2.01. The minimum Gasteiger partial charge on any atom is -0.306 e. The molecule has 2 aromatic carbocycles. The second kappa shape index (κ2) is 8.14. The largest absolute Gasteiger partial charge is 0.326 e. The second-order valence-corrected chi connectivity index (χ2v) is 8.07. The molecule has 136 valence electrons. The summed E-state index contributed by atoms with van der Waals surface area (Å²) in [6.45, 7) is 3.30. The van der Waals surface area contributed by atoms with Crippen LogP contribution in [0.3, 0.4) is 0 Å². The zero-order chi connectivity index (χ0) is 17.8. The van der Waals surface area contributed by atoms with Gasteiger partial charge in [0.15, 0.2) is 0 Å². The average Bonchev–Trinajstić information content (AvgIpc) is 3.02. The molecule has 4 rings (SSSR count). The molecule has 0 aliphatic carbocycles. The van der Waals surface area contributed by atoms with Gasteiger partial charge in [-0.25, -0.2) is 4.79 Å². The molecule has 0 atom stereocenters. The molecule has 3 aromatic rings. The van der Waals surface area contributed by atoms with E-state index < -0.39 is 0 Å². The summed E-state index contributed by atoms with van der Waals surface area (Å²) < 4.78 is 1.97. The van der Waals surface area contributed by atoms with Gasteiger partial charge in [0.05, 0.1) is 11.0 Å². The van der Waals surface area contributed by atoms with Crippen LogP contribution in [-0.4, -0.2) is 39.8 Å². The van der Waals surface area contributed by atoms with E-state index in [1.165, 1.54) is 11.3 Å². The molecule has 0 saturated carbocycles. The lowest BCUT2D eigenvalue weighted by Crippen LogP contribution is -2.37. The molecule has 0 spiro atoms. The number of nitrogens with zero attached hydrogens (tertiary/aromatic N) is 2. The highest BCUT2D eigenvalue weighted by molar-refractivity contribution is 7.99. The minimum atomic E-state index is 0.0314. The number of H-pyrrole nitrogens is 1. The van der Waals surface area contributed by atoms with E-state index in [1.54, 1.807) is 0 Å². The van der Waals surface area contributed by atoms with Crippen LogP contribution in [0.2, 0.25) is 0 Å². The normalized spacial score (nSPS) is 16.3. The number of hydrogen-bond donors (Lipinski definition) is 1. The lowest BCUT2D eigenvalue weighted by Gasteiger charge is -2.32. The van der Waals surface area contributed by atoms with E-state index in [1.807, 2.05) is 40.6 Å². The number of rotatable bonds is 6. The molecule has 0 amide bonds. The molecule has 4 nitrogen and oxygen atoms in total. The quantitative estimate of drug-likeness (QED) is 0.526. The maximum Gasteiger partial charge on any atom is 0.326 e. The summed E-state index contributed by atoms with van der Waals surface area (Å²) >= 11 is 1.93. The Hall–Kier alpha value is -1.98. The van der Waals surface area contributed by atoms with Gasteiger partial charge in [-0.15, -0.1) is 11.8 Å². The van der Waals surface area contributed by atoms with Crippen molar-refractivity contribution in [1.29, 1.82) is 0 Å². The summed E-state index contributed by atoms with van der Waals surface area (Å²) in [4.78, 5) is 19.2. The van der Waals surface area contributed by atoms with Gasteiger partial charge in [-0.3, -0.25) is 4.57 Å². The Morgan fingerprint density at radius 2 is 1.73 bits per heavy atom. The van der Waals surface area contributed by atoms with Crippen molar-refractivity contribution in [3.05, 3.63) is 65.1 Å². The van der Waals surface area contributed by atoms with Gasteiger partial charge < -0.3 is 9.88 Å². The first-order valence-electron chi connectivity index (χ1n) is 9.41. The third-order valence-electron chi connectivity index (χ3n) is 5.18. The van der Waals surface area contributed by atoms with Gasteiger partial charge in [0.25, 0.3) is 0 Å². The Morgan fingerprint density at radius 1 is 1.00 bits per heavy atom. The van der Waals surface area contributed by atoms with Crippen molar-refractivity contribution in [2.75, 3.05) is 25.4 Å². The number of para-hydroxylation sites is 2. The topological polar surface area (TPSA) is 41.0 Å². The predicted octanol–water partition coefficient (Wildman–Crippen LogP) is 4.15. The van der Waals surface area contributed by atoms with Crippen LogP contribution in [-0.2, 0) is 0 Å². The number of fused-ring (bicyclic) bond motifs is 1. The van der Waals surface area contributed by atoms with Gasteiger partial charge in [-0.1, -0.05) is 30.3 Å². The molecular weight excluding hydrogens is 342 g/mol. The highest BCUT2D eigenvalue weighted by Crippen LogP contribution is 2.25. The Labute approximate surface area is 158 Å². The Bertz CT molecular complexity index is 894.